The molecule has 0 fully saturated rings. The van der Waals surface area contributed by atoms with Crippen LogP contribution in [0.3, 0.4) is 0 Å². The Balaban J connectivity index is 1.28. The molecule has 0 saturated heterocycles. The van der Waals surface area contributed by atoms with Crippen molar-refractivity contribution in [1.82, 2.24) is 9.13 Å². The zero-order chi connectivity index (χ0) is 31.6. The fourth-order valence-corrected chi connectivity index (χ4v) is 6.88. The zero-order valence-electron chi connectivity index (χ0n) is 24.7. The number of ether oxygens (including phenoxy) is 2. The lowest BCUT2D eigenvalue weighted by Gasteiger charge is -2.15. The Morgan fingerprint density at radius 2 is 1.06 bits per heavy atom. The molecule has 3 heterocycles. The van der Waals surface area contributed by atoms with Crippen LogP contribution >= 0.6 is 0 Å². The Hall–Kier alpha value is -7.01. The van der Waals surface area contributed by atoms with E-state index in [4.69, 9.17) is 22.6 Å². The summed E-state index contributed by atoms with van der Waals surface area (Å²) in [6, 6.07) is 40.0. The molecule has 0 saturated carbocycles. The second kappa shape index (κ2) is 10.0. The van der Waals surface area contributed by atoms with Gasteiger partial charge in [-0.3, -0.25) is 0 Å². The van der Waals surface area contributed by atoms with Gasteiger partial charge in [0.05, 0.1) is 46.8 Å². The van der Waals surface area contributed by atoms with Gasteiger partial charge in [-0.1, -0.05) is 30.3 Å². The van der Waals surface area contributed by atoms with Crippen molar-refractivity contribution in [2.24, 2.45) is 0 Å². The van der Waals surface area contributed by atoms with Crippen LogP contribution in [0.4, 0.5) is 11.4 Å². The largest absolute Gasteiger partial charge is 0.457 e. The van der Waals surface area contributed by atoms with Gasteiger partial charge < -0.3 is 18.6 Å². The lowest BCUT2D eigenvalue weighted by Crippen LogP contribution is -2.03. The maximum atomic E-state index is 9.59. The van der Waals surface area contributed by atoms with E-state index in [1.54, 1.807) is 0 Å². The molecule has 0 unspecified atom stereocenters. The van der Waals surface area contributed by atoms with Crippen molar-refractivity contribution in [2.45, 2.75) is 0 Å². The molecule has 47 heavy (non-hydrogen) atoms. The molecule has 0 radical (unpaired) electrons. The molecule has 8 aromatic rings. The molecule has 0 spiro atoms. The molecule has 6 aromatic carbocycles. The first-order valence-electron chi connectivity index (χ1n) is 15.0. The first-order valence-corrected chi connectivity index (χ1v) is 15.0. The number of nitrogens with zero attached hydrogens (tertiary/aromatic N) is 5. The number of para-hydroxylation sites is 1. The van der Waals surface area contributed by atoms with Crippen molar-refractivity contribution in [2.75, 3.05) is 6.79 Å². The number of hydrogen-bond donors (Lipinski definition) is 0. The molecule has 0 aliphatic carbocycles. The van der Waals surface area contributed by atoms with E-state index >= 15 is 0 Å². The third kappa shape index (κ3) is 3.90. The van der Waals surface area contributed by atoms with E-state index in [9.17, 15) is 5.26 Å². The van der Waals surface area contributed by atoms with Crippen LogP contribution in [-0.2, 0) is 0 Å². The number of fused-ring (bicyclic) bond motifs is 9. The van der Waals surface area contributed by atoms with Crippen LogP contribution in [0.15, 0.2) is 115 Å². The Labute approximate surface area is 268 Å². The van der Waals surface area contributed by atoms with Gasteiger partial charge in [0.2, 0.25) is 6.79 Å². The van der Waals surface area contributed by atoms with Gasteiger partial charge in [-0.05, 0) is 95.7 Å². The molecule has 2 aromatic heterocycles. The average Bonchev–Trinajstić information content (AvgIpc) is 3.56. The molecule has 7 heteroatoms. The van der Waals surface area contributed by atoms with E-state index < -0.39 is 0 Å². The topological polar surface area (TPSA) is 60.8 Å². The van der Waals surface area contributed by atoms with Crippen molar-refractivity contribution in [3.8, 4) is 40.1 Å². The van der Waals surface area contributed by atoms with E-state index in [0.717, 1.165) is 66.1 Å². The molecule has 218 valence electrons. The fourth-order valence-electron chi connectivity index (χ4n) is 6.88. The van der Waals surface area contributed by atoms with Crippen LogP contribution in [0, 0.1) is 24.5 Å². The molecular weight excluding hydrogens is 582 g/mol. The summed E-state index contributed by atoms with van der Waals surface area (Å²) in [5, 5.41) is 13.5. The summed E-state index contributed by atoms with van der Waals surface area (Å²) < 4.78 is 16.6. The number of benzene rings is 6. The Bertz CT molecular complexity index is 2690. The maximum absolute atomic E-state index is 9.59. The SMILES string of the molecule is [C-]#[N+]c1ccc2c(c1)c1cc([N+]#[C-])ccc1n2-c1ccc2c(c1)-c1cc(-n3c4ccccc4c4cc(C#N)ccc43)ccc1OCO2. The van der Waals surface area contributed by atoms with Crippen LogP contribution in [0.2, 0.25) is 0 Å². The average molecular weight is 604 g/mol. The lowest BCUT2D eigenvalue weighted by atomic mass is 10.0. The highest BCUT2D eigenvalue weighted by atomic mass is 16.7. The zero-order valence-corrected chi connectivity index (χ0v) is 24.7. The minimum absolute atomic E-state index is 0.0825. The Kier molecular flexibility index (Phi) is 5.62. The van der Waals surface area contributed by atoms with E-state index in [1.807, 2.05) is 84.9 Å². The number of rotatable bonds is 2. The molecule has 7 nitrogen and oxygen atoms in total. The maximum Gasteiger partial charge on any atom is 0.230 e. The summed E-state index contributed by atoms with van der Waals surface area (Å²) in [5.74, 6) is 1.42. The van der Waals surface area contributed by atoms with Crippen molar-refractivity contribution >= 4 is 55.0 Å². The highest BCUT2D eigenvalue weighted by molar-refractivity contribution is 6.12. The summed E-state index contributed by atoms with van der Waals surface area (Å²) in [6.07, 6.45) is 0. The third-order valence-corrected chi connectivity index (χ3v) is 8.95. The standard InChI is InChI=1S/C40H21N5O2/c1-42-25-8-13-37-31(18-25)32-19-26(43-2)9-14-38(32)45(37)28-11-16-40-34(21-28)33-20-27(10-15-39(33)46-23-47-40)44-35-6-4-3-5-29(35)30-17-24(22-41)7-12-36(30)44/h3-21H,23H2. The van der Waals surface area contributed by atoms with Gasteiger partial charge in [-0.15, -0.1) is 0 Å². The predicted octanol–water partition coefficient (Wildman–Crippen LogP) is 10.2. The van der Waals surface area contributed by atoms with Crippen LogP contribution in [0.1, 0.15) is 5.56 Å². The monoisotopic (exact) mass is 603 g/mol. The van der Waals surface area contributed by atoms with E-state index in [0.29, 0.717) is 28.4 Å². The summed E-state index contributed by atoms with van der Waals surface area (Å²) in [7, 11) is 0. The number of hydrogen-bond acceptors (Lipinski definition) is 3. The highest BCUT2D eigenvalue weighted by Gasteiger charge is 2.22. The second-order valence-electron chi connectivity index (χ2n) is 11.4. The molecule has 0 amide bonds. The first-order chi connectivity index (χ1) is 23.1. The summed E-state index contributed by atoms with van der Waals surface area (Å²) in [6.45, 7) is 15.2. The van der Waals surface area contributed by atoms with Crippen LogP contribution in [-0.4, -0.2) is 15.9 Å². The van der Waals surface area contributed by atoms with Crippen molar-refractivity contribution in [3.63, 3.8) is 0 Å². The molecule has 1 aliphatic rings. The summed E-state index contributed by atoms with van der Waals surface area (Å²) in [4.78, 5) is 7.31. The second-order valence-corrected chi connectivity index (χ2v) is 11.4. The van der Waals surface area contributed by atoms with Crippen LogP contribution in [0.25, 0.3) is 75.8 Å². The Morgan fingerprint density at radius 3 is 1.62 bits per heavy atom. The van der Waals surface area contributed by atoms with E-state index in [1.165, 1.54) is 0 Å². The molecule has 1 aliphatic heterocycles. The number of nitriles is 1. The molecule has 0 atom stereocenters. The summed E-state index contributed by atoms with van der Waals surface area (Å²) in [5.41, 5.74) is 9.29. The van der Waals surface area contributed by atoms with Gasteiger partial charge >= 0.3 is 0 Å². The van der Waals surface area contributed by atoms with Gasteiger partial charge in [0.15, 0.2) is 11.4 Å². The Morgan fingerprint density at radius 1 is 0.553 bits per heavy atom. The lowest BCUT2D eigenvalue weighted by molar-refractivity contribution is 0.125. The number of aromatic nitrogens is 2. The third-order valence-electron chi connectivity index (χ3n) is 8.95. The van der Waals surface area contributed by atoms with Gasteiger partial charge in [-0.25, -0.2) is 9.69 Å². The smallest absolute Gasteiger partial charge is 0.230 e. The van der Waals surface area contributed by atoms with Crippen LogP contribution in [0.5, 0.6) is 11.5 Å². The van der Waals surface area contributed by atoms with E-state index in [2.05, 4.69) is 55.2 Å². The van der Waals surface area contributed by atoms with Crippen molar-refractivity contribution < 1.29 is 9.47 Å². The molecular formula is C40H21N5O2. The van der Waals surface area contributed by atoms with E-state index in [-0.39, 0.29) is 6.79 Å². The predicted molar refractivity (Wildman–Crippen MR) is 184 cm³/mol. The van der Waals surface area contributed by atoms with Crippen LogP contribution < -0.4 is 9.47 Å². The minimum Gasteiger partial charge on any atom is -0.457 e. The van der Waals surface area contributed by atoms with Gasteiger partial charge in [0.25, 0.3) is 0 Å². The fraction of sp³-hybridized carbons (Fsp3) is 0.0250. The summed E-state index contributed by atoms with van der Waals surface area (Å²) >= 11 is 0. The first kappa shape index (κ1) is 26.4. The van der Waals surface area contributed by atoms with Gasteiger partial charge in [0.1, 0.15) is 11.5 Å². The van der Waals surface area contributed by atoms with Gasteiger partial charge in [0, 0.05) is 33.3 Å². The van der Waals surface area contributed by atoms with Gasteiger partial charge in [-0.2, -0.15) is 5.26 Å². The molecule has 9 rings (SSSR count). The minimum atomic E-state index is 0.0825. The molecule has 0 N–H and O–H groups in total. The van der Waals surface area contributed by atoms with Crippen molar-refractivity contribution in [1.29, 1.82) is 5.26 Å². The highest BCUT2D eigenvalue weighted by Crippen LogP contribution is 2.44. The van der Waals surface area contributed by atoms with Crippen molar-refractivity contribution in [3.05, 3.63) is 144 Å². The quantitative estimate of drug-likeness (QED) is 0.185. The normalized spacial score (nSPS) is 12.0. The molecule has 0 bridgehead atoms.